The molecule has 0 unspecified atom stereocenters. The lowest BCUT2D eigenvalue weighted by Crippen LogP contribution is -2.09. The van der Waals surface area contributed by atoms with Gasteiger partial charge in [-0.25, -0.2) is 8.42 Å². The maximum Gasteiger partial charge on any atom is 0.147 e. The molecule has 0 aliphatic heterocycles. The Balaban J connectivity index is 2.43. The van der Waals surface area contributed by atoms with Gasteiger partial charge >= 0.3 is 0 Å². The average Bonchev–Trinajstić information content (AvgIpc) is 2.13. The van der Waals surface area contributed by atoms with E-state index in [1.54, 1.807) is 0 Å². The van der Waals surface area contributed by atoms with E-state index in [0.29, 0.717) is 13.0 Å². The van der Waals surface area contributed by atoms with E-state index in [9.17, 15) is 8.42 Å². The molecule has 0 fully saturated rings. The van der Waals surface area contributed by atoms with Crippen LogP contribution >= 0.6 is 15.9 Å². The molecule has 0 spiro atoms. The van der Waals surface area contributed by atoms with E-state index in [1.165, 1.54) is 11.8 Å². The summed E-state index contributed by atoms with van der Waals surface area (Å²) >= 11 is 3.46. The van der Waals surface area contributed by atoms with E-state index in [1.807, 2.05) is 25.1 Å². The Morgan fingerprint density at radius 1 is 1.38 bits per heavy atom. The van der Waals surface area contributed by atoms with Crippen LogP contribution < -0.4 is 5.32 Å². The third-order valence-electron chi connectivity index (χ3n) is 2.13. The van der Waals surface area contributed by atoms with Crippen molar-refractivity contribution in [1.82, 2.24) is 0 Å². The highest BCUT2D eigenvalue weighted by Gasteiger charge is 2.02. The monoisotopic (exact) mass is 305 g/mol. The van der Waals surface area contributed by atoms with E-state index in [4.69, 9.17) is 0 Å². The van der Waals surface area contributed by atoms with E-state index >= 15 is 0 Å². The Morgan fingerprint density at radius 3 is 2.62 bits per heavy atom. The first-order valence-corrected chi connectivity index (χ1v) is 7.91. The molecule has 0 heterocycles. The molecule has 0 atom stereocenters. The molecule has 1 aromatic carbocycles. The van der Waals surface area contributed by atoms with Crippen molar-refractivity contribution >= 4 is 31.5 Å². The maximum absolute atomic E-state index is 10.9. The number of sulfone groups is 1. The van der Waals surface area contributed by atoms with E-state index in [2.05, 4.69) is 21.2 Å². The number of aryl methyl sites for hydroxylation is 1. The molecule has 90 valence electrons. The summed E-state index contributed by atoms with van der Waals surface area (Å²) in [7, 11) is -2.85. The SMILES string of the molecule is Cc1ccc(NCCCS(C)(=O)=O)c(Br)c1. The fourth-order valence-electron chi connectivity index (χ4n) is 1.32. The number of halogens is 1. The Labute approximate surface area is 105 Å². The van der Waals surface area contributed by atoms with Crippen LogP contribution in [-0.2, 0) is 9.84 Å². The van der Waals surface area contributed by atoms with Gasteiger partial charge < -0.3 is 5.32 Å². The molecule has 0 saturated carbocycles. The summed E-state index contributed by atoms with van der Waals surface area (Å²) in [6.07, 6.45) is 1.88. The van der Waals surface area contributed by atoms with Gasteiger partial charge in [-0.15, -0.1) is 0 Å². The number of hydrogen-bond donors (Lipinski definition) is 1. The quantitative estimate of drug-likeness (QED) is 0.851. The highest BCUT2D eigenvalue weighted by molar-refractivity contribution is 9.10. The molecule has 16 heavy (non-hydrogen) atoms. The first-order chi connectivity index (χ1) is 7.38. The average molecular weight is 306 g/mol. The summed E-state index contributed by atoms with van der Waals surface area (Å²) in [5.41, 5.74) is 2.19. The fraction of sp³-hybridized carbons (Fsp3) is 0.455. The number of rotatable bonds is 5. The lowest BCUT2D eigenvalue weighted by Gasteiger charge is -2.08. The second kappa shape index (κ2) is 5.68. The highest BCUT2D eigenvalue weighted by Crippen LogP contribution is 2.23. The van der Waals surface area contributed by atoms with Gasteiger partial charge in [0, 0.05) is 23.0 Å². The van der Waals surface area contributed by atoms with Crippen molar-refractivity contribution in [3.8, 4) is 0 Å². The third-order valence-corrected chi connectivity index (χ3v) is 3.82. The Kier molecular flexibility index (Phi) is 4.80. The van der Waals surface area contributed by atoms with Crippen molar-refractivity contribution in [3.05, 3.63) is 28.2 Å². The zero-order valence-corrected chi connectivity index (χ0v) is 11.9. The summed E-state index contributed by atoms with van der Waals surface area (Å²) in [5.74, 6) is 0.226. The van der Waals surface area contributed by atoms with Gasteiger partial charge in [-0.2, -0.15) is 0 Å². The summed E-state index contributed by atoms with van der Waals surface area (Å²) < 4.78 is 22.8. The van der Waals surface area contributed by atoms with Gasteiger partial charge in [-0.3, -0.25) is 0 Å². The van der Waals surface area contributed by atoms with Crippen molar-refractivity contribution in [1.29, 1.82) is 0 Å². The highest BCUT2D eigenvalue weighted by atomic mass is 79.9. The maximum atomic E-state index is 10.9. The second-order valence-electron chi connectivity index (χ2n) is 3.89. The van der Waals surface area contributed by atoms with E-state index < -0.39 is 9.84 Å². The standard InChI is InChI=1S/C11H16BrNO2S/c1-9-4-5-11(10(12)8-9)13-6-3-7-16(2,14)15/h4-5,8,13H,3,6-7H2,1-2H3. The largest absolute Gasteiger partial charge is 0.384 e. The first-order valence-electron chi connectivity index (χ1n) is 5.06. The van der Waals surface area contributed by atoms with Gasteiger partial charge in [0.1, 0.15) is 9.84 Å². The topological polar surface area (TPSA) is 46.2 Å². The van der Waals surface area contributed by atoms with Crippen LogP contribution in [0, 0.1) is 6.92 Å². The van der Waals surface area contributed by atoms with Crippen LogP contribution in [0.2, 0.25) is 0 Å². The van der Waals surface area contributed by atoms with Crippen LogP contribution in [0.1, 0.15) is 12.0 Å². The lowest BCUT2D eigenvalue weighted by molar-refractivity contribution is 0.600. The van der Waals surface area contributed by atoms with Gasteiger partial charge in [0.25, 0.3) is 0 Å². The van der Waals surface area contributed by atoms with Gasteiger partial charge in [-0.05, 0) is 47.0 Å². The van der Waals surface area contributed by atoms with Crippen molar-refractivity contribution in [2.75, 3.05) is 23.9 Å². The molecule has 0 bridgehead atoms. The lowest BCUT2D eigenvalue weighted by atomic mass is 10.2. The molecule has 0 aromatic heterocycles. The minimum Gasteiger partial charge on any atom is -0.384 e. The molecule has 1 aromatic rings. The minimum absolute atomic E-state index is 0.226. The molecule has 3 nitrogen and oxygen atoms in total. The molecule has 0 amide bonds. The first kappa shape index (κ1) is 13.5. The third kappa shape index (κ3) is 4.99. The predicted molar refractivity (Wildman–Crippen MR) is 71.7 cm³/mol. The number of benzene rings is 1. The second-order valence-corrected chi connectivity index (χ2v) is 7.01. The van der Waals surface area contributed by atoms with Gasteiger partial charge in [0.05, 0.1) is 5.75 Å². The predicted octanol–water partition coefficient (Wildman–Crippen LogP) is 2.60. The normalized spacial score (nSPS) is 11.4. The Bertz CT molecular complexity index is 457. The minimum atomic E-state index is -2.85. The molecule has 5 heteroatoms. The van der Waals surface area contributed by atoms with Crippen LogP contribution in [0.5, 0.6) is 0 Å². The number of anilines is 1. The van der Waals surface area contributed by atoms with E-state index in [-0.39, 0.29) is 5.75 Å². The fourth-order valence-corrected chi connectivity index (χ4v) is 2.62. The summed E-state index contributed by atoms with van der Waals surface area (Å²) in [6.45, 7) is 2.69. The molecule has 0 radical (unpaired) electrons. The summed E-state index contributed by atoms with van der Waals surface area (Å²) in [6, 6.07) is 6.03. The van der Waals surface area contributed by atoms with Crippen molar-refractivity contribution in [2.24, 2.45) is 0 Å². The Morgan fingerprint density at radius 2 is 2.06 bits per heavy atom. The van der Waals surface area contributed by atoms with E-state index in [0.717, 1.165) is 10.2 Å². The Hall–Kier alpha value is -0.550. The van der Waals surface area contributed by atoms with Crippen LogP contribution in [-0.4, -0.2) is 27.0 Å². The van der Waals surface area contributed by atoms with Crippen LogP contribution in [0.15, 0.2) is 22.7 Å². The van der Waals surface area contributed by atoms with Crippen LogP contribution in [0.25, 0.3) is 0 Å². The molecular weight excluding hydrogens is 290 g/mol. The summed E-state index contributed by atoms with van der Waals surface area (Å²) in [4.78, 5) is 0. The van der Waals surface area contributed by atoms with Gasteiger partial charge in [0.15, 0.2) is 0 Å². The molecule has 1 N–H and O–H groups in total. The van der Waals surface area contributed by atoms with Gasteiger partial charge in [-0.1, -0.05) is 6.07 Å². The van der Waals surface area contributed by atoms with Gasteiger partial charge in [0.2, 0.25) is 0 Å². The van der Waals surface area contributed by atoms with Crippen LogP contribution in [0.3, 0.4) is 0 Å². The summed E-state index contributed by atoms with van der Waals surface area (Å²) in [5, 5.41) is 3.20. The molecule has 0 saturated heterocycles. The molecule has 0 aliphatic carbocycles. The number of nitrogens with one attached hydrogen (secondary N) is 1. The van der Waals surface area contributed by atoms with Crippen molar-refractivity contribution < 1.29 is 8.42 Å². The zero-order chi connectivity index (χ0) is 12.2. The van der Waals surface area contributed by atoms with Crippen LogP contribution in [0.4, 0.5) is 5.69 Å². The zero-order valence-electron chi connectivity index (χ0n) is 9.46. The number of hydrogen-bond acceptors (Lipinski definition) is 3. The smallest absolute Gasteiger partial charge is 0.147 e. The molecule has 0 aliphatic rings. The molecular formula is C11H16BrNO2S. The van der Waals surface area contributed by atoms with Crippen molar-refractivity contribution in [3.63, 3.8) is 0 Å². The van der Waals surface area contributed by atoms with Crippen molar-refractivity contribution in [2.45, 2.75) is 13.3 Å². The molecule has 1 rings (SSSR count).